The first-order valence-electron chi connectivity index (χ1n) is 9.00. The van der Waals surface area contributed by atoms with E-state index in [1.54, 1.807) is 7.05 Å². The van der Waals surface area contributed by atoms with Crippen molar-refractivity contribution in [3.63, 3.8) is 0 Å². The van der Waals surface area contributed by atoms with Crippen molar-refractivity contribution in [2.45, 2.75) is 39.5 Å². The minimum atomic E-state index is -0.196. The summed E-state index contributed by atoms with van der Waals surface area (Å²) in [6, 6.07) is 9.90. The van der Waals surface area contributed by atoms with E-state index in [0.29, 0.717) is 30.8 Å². The van der Waals surface area contributed by atoms with Gasteiger partial charge in [0, 0.05) is 19.0 Å². The Morgan fingerprint density at radius 2 is 2.11 bits per heavy atom. The quantitative estimate of drug-likeness (QED) is 0.485. The number of nitrogens with zero attached hydrogens (tertiary/aromatic N) is 3. The molecule has 0 amide bonds. The lowest BCUT2D eigenvalue weighted by atomic mass is 10.2. The zero-order valence-electron chi connectivity index (χ0n) is 16.0. The van der Waals surface area contributed by atoms with Crippen LogP contribution in [0.25, 0.3) is 11.0 Å². The minimum absolute atomic E-state index is 0.0557. The number of hydrogen-bond donors (Lipinski definition) is 2. The molecule has 8 heteroatoms. The molecule has 144 valence electrons. The molecular weight excluding hydrogens is 346 g/mol. The second-order valence-electron chi connectivity index (χ2n) is 6.12. The molecule has 2 heterocycles. The zero-order valence-corrected chi connectivity index (χ0v) is 16.0. The number of furan rings is 1. The third-order valence-electron chi connectivity index (χ3n) is 4.12. The van der Waals surface area contributed by atoms with Crippen LogP contribution < -0.4 is 10.6 Å². The smallest absolute Gasteiger partial charge is 0.246 e. The maximum Gasteiger partial charge on any atom is 0.246 e. The van der Waals surface area contributed by atoms with Gasteiger partial charge in [-0.1, -0.05) is 23.4 Å². The molecule has 0 saturated heterocycles. The molecule has 1 aromatic carbocycles. The fraction of sp³-hybridized carbons (Fsp3) is 0.421. The van der Waals surface area contributed by atoms with Crippen molar-refractivity contribution in [2.75, 3.05) is 13.7 Å². The first-order chi connectivity index (χ1) is 13.1. The van der Waals surface area contributed by atoms with Gasteiger partial charge in [0.05, 0.1) is 12.6 Å². The molecule has 27 heavy (non-hydrogen) atoms. The lowest BCUT2D eigenvalue weighted by Crippen LogP contribution is -2.38. The number of aliphatic imine (C=N–C) groups is 1. The Balaban J connectivity index is 1.57. The Kier molecular flexibility index (Phi) is 6.08. The molecule has 0 saturated carbocycles. The number of guanidine groups is 1. The minimum Gasteiger partial charge on any atom is -0.459 e. The lowest BCUT2D eigenvalue weighted by molar-refractivity contribution is 0.0683. The molecule has 0 aliphatic rings. The number of aromatic nitrogens is 2. The van der Waals surface area contributed by atoms with Crippen LogP contribution in [0, 0.1) is 0 Å². The fourth-order valence-corrected chi connectivity index (χ4v) is 2.68. The Bertz CT molecular complexity index is 869. The molecule has 0 radical (unpaired) electrons. The van der Waals surface area contributed by atoms with E-state index in [-0.39, 0.29) is 12.1 Å². The Hall–Kier alpha value is -2.87. The predicted octanol–water partition coefficient (Wildman–Crippen LogP) is 3.34. The molecule has 0 spiro atoms. The second-order valence-corrected chi connectivity index (χ2v) is 6.12. The molecule has 3 aromatic rings. The van der Waals surface area contributed by atoms with Gasteiger partial charge in [-0.3, -0.25) is 4.99 Å². The van der Waals surface area contributed by atoms with E-state index in [4.69, 9.17) is 13.7 Å². The monoisotopic (exact) mass is 371 g/mol. The van der Waals surface area contributed by atoms with Gasteiger partial charge in [-0.2, -0.15) is 4.98 Å². The molecular formula is C19H25N5O3. The molecule has 3 rings (SSSR count). The average molecular weight is 371 g/mol. The highest BCUT2D eigenvalue weighted by Crippen LogP contribution is 2.23. The first kappa shape index (κ1) is 18.9. The van der Waals surface area contributed by atoms with Crippen LogP contribution in [0.5, 0.6) is 0 Å². The number of rotatable bonds is 7. The van der Waals surface area contributed by atoms with Gasteiger partial charge >= 0.3 is 0 Å². The van der Waals surface area contributed by atoms with Crippen LogP contribution >= 0.6 is 0 Å². The first-order valence-corrected chi connectivity index (χ1v) is 9.00. The maximum atomic E-state index is 5.89. The van der Waals surface area contributed by atoms with E-state index in [0.717, 1.165) is 16.7 Å². The third kappa shape index (κ3) is 4.65. The zero-order chi connectivity index (χ0) is 19.2. The summed E-state index contributed by atoms with van der Waals surface area (Å²) in [5.74, 6) is 2.45. The van der Waals surface area contributed by atoms with E-state index in [1.807, 2.05) is 51.1 Å². The summed E-state index contributed by atoms with van der Waals surface area (Å²) in [5.41, 5.74) is 0.867. The Labute approximate surface area is 158 Å². The van der Waals surface area contributed by atoms with E-state index in [2.05, 4.69) is 25.8 Å². The van der Waals surface area contributed by atoms with Crippen molar-refractivity contribution in [2.24, 2.45) is 4.99 Å². The van der Waals surface area contributed by atoms with Gasteiger partial charge in [0.2, 0.25) is 5.89 Å². The predicted molar refractivity (Wildman–Crippen MR) is 102 cm³/mol. The van der Waals surface area contributed by atoms with Gasteiger partial charge in [0.25, 0.3) is 0 Å². The average Bonchev–Trinajstić information content (AvgIpc) is 3.32. The number of benzene rings is 1. The largest absolute Gasteiger partial charge is 0.459 e. The topological polar surface area (TPSA) is 97.7 Å². The normalized spacial score (nSPS) is 14.3. The summed E-state index contributed by atoms with van der Waals surface area (Å²) in [6.45, 7) is 6.79. The number of para-hydroxylation sites is 1. The van der Waals surface area contributed by atoms with Gasteiger partial charge in [-0.25, -0.2) is 0 Å². The van der Waals surface area contributed by atoms with Crippen molar-refractivity contribution < 1.29 is 13.7 Å². The lowest BCUT2D eigenvalue weighted by Gasteiger charge is -2.15. The van der Waals surface area contributed by atoms with Crippen molar-refractivity contribution in [3.05, 3.63) is 47.8 Å². The van der Waals surface area contributed by atoms with Crippen LogP contribution in [0.4, 0.5) is 0 Å². The van der Waals surface area contributed by atoms with Gasteiger partial charge in [-0.15, -0.1) is 0 Å². The van der Waals surface area contributed by atoms with Crippen LogP contribution in [0.3, 0.4) is 0 Å². The summed E-state index contributed by atoms with van der Waals surface area (Å²) in [6.07, 6.45) is -0.196. The van der Waals surface area contributed by atoms with Crippen molar-refractivity contribution >= 4 is 16.9 Å². The molecule has 0 bridgehead atoms. The molecule has 2 N–H and O–H groups in total. The highest BCUT2D eigenvalue weighted by Gasteiger charge is 2.16. The summed E-state index contributed by atoms with van der Waals surface area (Å²) < 4.78 is 16.6. The molecule has 2 aromatic heterocycles. The molecule has 0 aliphatic carbocycles. The SMILES string of the molecule is CCOC(C)c1noc(CNC(=NC)NC(C)c2cc3ccccc3o2)n1. The highest BCUT2D eigenvalue weighted by molar-refractivity contribution is 5.81. The van der Waals surface area contributed by atoms with Crippen molar-refractivity contribution in [1.29, 1.82) is 0 Å². The highest BCUT2D eigenvalue weighted by atomic mass is 16.5. The van der Waals surface area contributed by atoms with Gasteiger partial charge in [0.1, 0.15) is 17.4 Å². The molecule has 2 unspecified atom stereocenters. The fourth-order valence-electron chi connectivity index (χ4n) is 2.68. The van der Waals surface area contributed by atoms with Crippen molar-refractivity contribution in [1.82, 2.24) is 20.8 Å². The van der Waals surface area contributed by atoms with Crippen LogP contribution in [0.15, 0.2) is 44.3 Å². The Morgan fingerprint density at radius 1 is 1.30 bits per heavy atom. The summed E-state index contributed by atoms with van der Waals surface area (Å²) in [4.78, 5) is 8.57. The van der Waals surface area contributed by atoms with Gasteiger partial charge in [-0.05, 0) is 32.9 Å². The summed E-state index contributed by atoms with van der Waals surface area (Å²) in [7, 11) is 1.71. The van der Waals surface area contributed by atoms with E-state index in [1.165, 1.54) is 0 Å². The summed E-state index contributed by atoms with van der Waals surface area (Å²) in [5, 5.41) is 11.5. The number of fused-ring (bicyclic) bond motifs is 1. The molecule has 0 aliphatic heterocycles. The van der Waals surface area contributed by atoms with Crippen LogP contribution in [0.2, 0.25) is 0 Å². The standard InChI is InChI=1S/C19H25N5O3/c1-5-25-13(3)18-23-17(27-24-18)11-21-19(20-4)22-12(2)16-10-14-8-6-7-9-15(14)26-16/h6-10,12-13H,5,11H2,1-4H3,(H2,20,21,22). The van der Waals surface area contributed by atoms with E-state index in [9.17, 15) is 0 Å². The number of nitrogens with one attached hydrogen (secondary N) is 2. The Morgan fingerprint density at radius 3 is 2.85 bits per heavy atom. The maximum absolute atomic E-state index is 5.89. The van der Waals surface area contributed by atoms with E-state index < -0.39 is 0 Å². The van der Waals surface area contributed by atoms with Gasteiger partial charge < -0.3 is 24.3 Å². The number of ether oxygens (including phenoxy) is 1. The number of hydrogen-bond acceptors (Lipinski definition) is 6. The van der Waals surface area contributed by atoms with E-state index >= 15 is 0 Å². The van der Waals surface area contributed by atoms with Crippen LogP contribution in [0.1, 0.15) is 50.4 Å². The third-order valence-corrected chi connectivity index (χ3v) is 4.12. The molecule has 0 fully saturated rings. The van der Waals surface area contributed by atoms with Crippen LogP contribution in [-0.2, 0) is 11.3 Å². The van der Waals surface area contributed by atoms with Crippen LogP contribution in [-0.4, -0.2) is 29.8 Å². The molecule has 2 atom stereocenters. The van der Waals surface area contributed by atoms with Crippen molar-refractivity contribution in [3.8, 4) is 0 Å². The summed E-state index contributed by atoms with van der Waals surface area (Å²) >= 11 is 0. The second kappa shape index (κ2) is 8.68. The van der Waals surface area contributed by atoms with Gasteiger partial charge in [0.15, 0.2) is 11.8 Å². The molecule has 8 nitrogen and oxygen atoms in total.